The molecule has 0 radical (unpaired) electrons. The average molecular weight is 263 g/mol. The van der Waals surface area contributed by atoms with Crippen molar-refractivity contribution in [3.63, 3.8) is 0 Å². The Kier molecular flexibility index (Phi) is 2.91. The lowest BCUT2D eigenvalue weighted by atomic mass is 10.2. The van der Waals surface area contributed by atoms with E-state index in [1.165, 1.54) is 12.1 Å². The first-order valence-electron chi connectivity index (χ1n) is 4.85. The highest BCUT2D eigenvalue weighted by Crippen LogP contribution is 2.21. The van der Waals surface area contributed by atoms with E-state index in [4.69, 9.17) is 11.0 Å². The van der Waals surface area contributed by atoms with Crippen LogP contribution >= 0.6 is 0 Å². The van der Waals surface area contributed by atoms with Crippen molar-refractivity contribution >= 4 is 21.5 Å². The number of para-hydroxylation sites is 1. The number of benzene rings is 1. The number of anilines is 2. The summed E-state index contributed by atoms with van der Waals surface area (Å²) in [5.74, 6) is -0.0584. The Bertz CT molecular complexity index is 714. The molecule has 1 aromatic carbocycles. The van der Waals surface area contributed by atoms with E-state index in [0.29, 0.717) is 0 Å². The fraction of sp³-hybridized carbons (Fsp3) is 0. The summed E-state index contributed by atoms with van der Waals surface area (Å²) in [6.45, 7) is 0. The Labute approximate surface area is 103 Å². The average Bonchev–Trinajstić information content (AvgIpc) is 2.76. The summed E-state index contributed by atoms with van der Waals surface area (Å²) in [5.41, 5.74) is 5.87. The minimum atomic E-state index is -3.85. The van der Waals surface area contributed by atoms with Gasteiger partial charge in [-0.15, -0.1) is 0 Å². The molecule has 0 bridgehead atoms. The minimum Gasteiger partial charge on any atom is -0.383 e. The van der Waals surface area contributed by atoms with Gasteiger partial charge in [-0.3, -0.25) is 9.82 Å². The zero-order valence-electron chi connectivity index (χ0n) is 9.08. The van der Waals surface area contributed by atoms with Gasteiger partial charge in [0.25, 0.3) is 10.0 Å². The summed E-state index contributed by atoms with van der Waals surface area (Å²) in [6, 6.07) is 8.16. The predicted octanol–water partition coefficient (Wildman–Crippen LogP) is 0.664. The van der Waals surface area contributed by atoms with Gasteiger partial charge in [-0.2, -0.15) is 10.4 Å². The number of hydrogen-bond acceptors (Lipinski definition) is 5. The van der Waals surface area contributed by atoms with E-state index < -0.39 is 10.0 Å². The topological polar surface area (TPSA) is 125 Å². The number of H-pyrrole nitrogens is 1. The molecule has 7 nitrogen and oxygen atoms in total. The summed E-state index contributed by atoms with van der Waals surface area (Å²) < 4.78 is 26.3. The summed E-state index contributed by atoms with van der Waals surface area (Å²) in [6.07, 6.45) is 1.10. The fourth-order valence-corrected chi connectivity index (χ4v) is 2.47. The first-order chi connectivity index (χ1) is 8.54. The summed E-state index contributed by atoms with van der Waals surface area (Å²) in [4.78, 5) is -0.157. The minimum absolute atomic E-state index is 0.0584. The highest BCUT2D eigenvalue weighted by Gasteiger charge is 2.20. The lowest BCUT2D eigenvalue weighted by Gasteiger charge is -2.07. The normalized spacial score (nSPS) is 10.8. The SMILES string of the molecule is N#Cc1ccccc1NS(=O)(=O)c1cn[nH]c1N. The number of aromatic nitrogens is 2. The first kappa shape index (κ1) is 11.9. The van der Waals surface area contributed by atoms with E-state index in [9.17, 15) is 8.42 Å². The summed E-state index contributed by atoms with van der Waals surface area (Å²) >= 11 is 0. The Morgan fingerprint density at radius 3 is 2.72 bits per heavy atom. The van der Waals surface area contributed by atoms with E-state index in [1.807, 2.05) is 6.07 Å². The second-order valence-corrected chi connectivity index (χ2v) is 5.06. The monoisotopic (exact) mass is 263 g/mol. The van der Waals surface area contributed by atoms with Gasteiger partial charge < -0.3 is 5.73 Å². The number of nitriles is 1. The van der Waals surface area contributed by atoms with Crippen LogP contribution in [0.1, 0.15) is 5.56 Å². The molecule has 0 aliphatic carbocycles. The molecule has 8 heteroatoms. The summed E-state index contributed by atoms with van der Waals surface area (Å²) in [5, 5.41) is 14.7. The van der Waals surface area contributed by atoms with Crippen molar-refractivity contribution in [1.29, 1.82) is 5.26 Å². The molecule has 2 rings (SSSR count). The molecule has 92 valence electrons. The summed E-state index contributed by atoms with van der Waals surface area (Å²) in [7, 11) is -3.85. The van der Waals surface area contributed by atoms with E-state index in [2.05, 4.69) is 14.9 Å². The fourth-order valence-electron chi connectivity index (χ4n) is 1.37. The lowest BCUT2D eigenvalue weighted by Crippen LogP contribution is -2.14. The number of aromatic amines is 1. The van der Waals surface area contributed by atoms with Crippen molar-refractivity contribution < 1.29 is 8.42 Å². The van der Waals surface area contributed by atoms with Crippen LogP contribution in [0.4, 0.5) is 11.5 Å². The third-order valence-corrected chi connectivity index (χ3v) is 3.61. The number of hydrogen-bond donors (Lipinski definition) is 3. The van der Waals surface area contributed by atoms with Gasteiger partial charge in [-0.05, 0) is 12.1 Å². The molecule has 0 atom stereocenters. The molecular formula is C10H9N5O2S. The van der Waals surface area contributed by atoms with E-state index in [1.54, 1.807) is 12.1 Å². The maximum atomic E-state index is 12.0. The van der Waals surface area contributed by atoms with Gasteiger partial charge >= 0.3 is 0 Å². The standard InChI is InChI=1S/C10H9N5O2S/c11-5-7-3-1-2-4-8(7)15-18(16,17)9-6-13-14-10(9)12/h1-4,6,15H,(H3,12,13,14). The second-order valence-electron chi connectivity index (χ2n) is 3.41. The van der Waals surface area contributed by atoms with Crippen molar-refractivity contribution in [3.8, 4) is 6.07 Å². The Morgan fingerprint density at radius 2 is 2.11 bits per heavy atom. The lowest BCUT2D eigenvalue weighted by molar-refractivity contribution is 0.601. The van der Waals surface area contributed by atoms with Crippen LogP contribution in [0.5, 0.6) is 0 Å². The number of nitrogens with one attached hydrogen (secondary N) is 2. The van der Waals surface area contributed by atoms with Crippen molar-refractivity contribution in [2.24, 2.45) is 0 Å². The predicted molar refractivity (Wildman–Crippen MR) is 65.0 cm³/mol. The second kappa shape index (κ2) is 4.38. The maximum absolute atomic E-state index is 12.0. The number of nitrogens with zero attached hydrogens (tertiary/aromatic N) is 2. The first-order valence-corrected chi connectivity index (χ1v) is 6.33. The third kappa shape index (κ3) is 2.11. The van der Waals surface area contributed by atoms with Crippen LogP contribution in [0.25, 0.3) is 0 Å². The molecule has 0 fully saturated rings. The molecule has 0 spiro atoms. The molecule has 0 aliphatic heterocycles. The van der Waals surface area contributed by atoms with Gasteiger partial charge in [-0.25, -0.2) is 8.42 Å². The molecule has 18 heavy (non-hydrogen) atoms. The largest absolute Gasteiger partial charge is 0.383 e. The molecule has 0 saturated carbocycles. The van der Waals surface area contributed by atoms with Crippen molar-refractivity contribution in [2.75, 3.05) is 10.5 Å². The zero-order chi connectivity index (χ0) is 13.2. The Balaban J connectivity index is 2.41. The van der Waals surface area contributed by atoms with Crippen LogP contribution in [0.3, 0.4) is 0 Å². The number of nitrogens with two attached hydrogens (primary N) is 1. The highest BCUT2D eigenvalue weighted by atomic mass is 32.2. The van der Waals surface area contributed by atoms with Crippen molar-refractivity contribution in [1.82, 2.24) is 10.2 Å². The van der Waals surface area contributed by atoms with Gasteiger partial charge in [0.2, 0.25) is 0 Å². The van der Waals surface area contributed by atoms with E-state index in [-0.39, 0.29) is 22.0 Å². The van der Waals surface area contributed by atoms with Crippen LogP contribution in [0.2, 0.25) is 0 Å². The quantitative estimate of drug-likeness (QED) is 0.750. The Hall–Kier alpha value is -2.53. The van der Waals surface area contributed by atoms with E-state index in [0.717, 1.165) is 6.20 Å². The molecule has 1 heterocycles. The molecule has 0 aliphatic rings. The third-order valence-electron chi connectivity index (χ3n) is 2.21. The molecule has 4 N–H and O–H groups in total. The number of nitrogen functional groups attached to an aromatic ring is 1. The van der Waals surface area contributed by atoms with Gasteiger partial charge in [0.05, 0.1) is 17.4 Å². The van der Waals surface area contributed by atoms with Crippen LogP contribution < -0.4 is 10.5 Å². The van der Waals surface area contributed by atoms with Crippen molar-refractivity contribution in [2.45, 2.75) is 4.90 Å². The molecule has 1 aromatic heterocycles. The number of sulfonamides is 1. The van der Waals surface area contributed by atoms with Crippen LogP contribution in [-0.4, -0.2) is 18.6 Å². The van der Waals surface area contributed by atoms with Gasteiger partial charge in [0.15, 0.2) is 0 Å². The number of rotatable bonds is 3. The smallest absolute Gasteiger partial charge is 0.267 e. The zero-order valence-corrected chi connectivity index (χ0v) is 9.90. The molecule has 0 amide bonds. The van der Waals surface area contributed by atoms with Crippen LogP contribution in [0, 0.1) is 11.3 Å². The maximum Gasteiger partial charge on any atom is 0.267 e. The molecular weight excluding hydrogens is 254 g/mol. The van der Waals surface area contributed by atoms with Gasteiger partial charge in [0.1, 0.15) is 16.8 Å². The van der Waals surface area contributed by atoms with Crippen LogP contribution in [-0.2, 0) is 10.0 Å². The van der Waals surface area contributed by atoms with Crippen molar-refractivity contribution in [3.05, 3.63) is 36.0 Å². The molecule has 0 saturated heterocycles. The van der Waals surface area contributed by atoms with Crippen LogP contribution in [0.15, 0.2) is 35.4 Å². The highest BCUT2D eigenvalue weighted by molar-refractivity contribution is 7.92. The van der Waals surface area contributed by atoms with E-state index >= 15 is 0 Å². The molecule has 0 unspecified atom stereocenters. The van der Waals surface area contributed by atoms with Gasteiger partial charge in [0, 0.05) is 0 Å². The Morgan fingerprint density at radius 1 is 1.39 bits per heavy atom. The van der Waals surface area contributed by atoms with Gasteiger partial charge in [-0.1, -0.05) is 12.1 Å². The molecule has 2 aromatic rings.